The summed E-state index contributed by atoms with van der Waals surface area (Å²) in [6.45, 7) is 1.53. The Bertz CT molecular complexity index is 430. The number of nitrogens with zero attached hydrogens (tertiary/aromatic N) is 1. The summed E-state index contributed by atoms with van der Waals surface area (Å²) in [7, 11) is 1.70. The maximum Gasteiger partial charge on any atom is 0.292 e. The number of nitrogens with one attached hydrogen (secondary N) is 1. The highest BCUT2D eigenvalue weighted by atomic mass is 16.6. The number of rotatable bonds is 7. The van der Waals surface area contributed by atoms with Crippen LogP contribution in [0.15, 0.2) is 24.3 Å². The van der Waals surface area contributed by atoms with E-state index in [1.54, 1.807) is 19.2 Å². The number of hydrogen-bond acceptors (Lipinski definition) is 4. The summed E-state index contributed by atoms with van der Waals surface area (Å²) in [5.74, 6) is 0. The topological polar surface area (TPSA) is 64.4 Å². The van der Waals surface area contributed by atoms with Gasteiger partial charge in [0.2, 0.25) is 0 Å². The van der Waals surface area contributed by atoms with Crippen LogP contribution in [-0.4, -0.2) is 25.2 Å². The first-order valence-electron chi connectivity index (χ1n) is 6.13. The van der Waals surface area contributed by atoms with Gasteiger partial charge in [-0.2, -0.15) is 0 Å². The number of ether oxygens (including phenoxy) is 1. The van der Waals surface area contributed by atoms with E-state index in [-0.39, 0.29) is 16.0 Å². The summed E-state index contributed by atoms with van der Waals surface area (Å²) in [6, 6.07) is 6.77. The van der Waals surface area contributed by atoms with Crippen molar-refractivity contribution < 1.29 is 9.66 Å². The lowest BCUT2D eigenvalue weighted by atomic mass is 10.0. The number of benzene rings is 1. The molecule has 0 aliphatic heterocycles. The van der Waals surface area contributed by atoms with Crippen LogP contribution in [0.25, 0.3) is 0 Å². The third-order valence-electron chi connectivity index (χ3n) is 3.55. The SMILES string of the molecule is COCCC1(CNc2ccccc2[N+](=O)[O-])CC1. The van der Waals surface area contributed by atoms with Gasteiger partial charge in [0.05, 0.1) is 4.92 Å². The molecule has 0 aromatic heterocycles. The summed E-state index contributed by atoms with van der Waals surface area (Å²) in [5, 5.41) is 14.1. The zero-order chi connectivity index (χ0) is 13.0. The molecule has 1 aliphatic carbocycles. The fourth-order valence-electron chi connectivity index (χ4n) is 2.08. The molecule has 0 bridgehead atoms. The largest absolute Gasteiger partial charge is 0.385 e. The second kappa shape index (κ2) is 5.35. The van der Waals surface area contributed by atoms with Gasteiger partial charge in [0.15, 0.2) is 0 Å². The maximum atomic E-state index is 10.9. The molecule has 2 rings (SSSR count). The van der Waals surface area contributed by atoms with E-state index in [9.17, 15) is 10.1 Å². The van der Waals surface area contributed by atoms with Crippen molar-refractivity contribution in [2.75, 3.05) is 25.6 Å². The van der Waals surface area contributed by atoms with Crippen molar-refractivity contribution >= 4 is 11.4 Å². The first-order chi connectivity index (χ1) is 8.67. The standard InChI is InChI=1S/C13H18N2O3/c1-18-9-8-13(6-7-13)10-14-11-4-2-3-5-12(11)15(16)17/h2-5,14H,6-10H2,1H3. The van der Waals surface area contributed by atoms with E-state index in [1.165, 1.54) is 18.9 Å². The molecule has 1 aromatic rings. The van der Waals surface area contributed by atoms with E-state index in [1.807, 2.05) is 6.07 Å². The van der Waals surface area contributed by atoms with Crippen molar-refractivity contribution in [3.8, 4) is 0 Å². The molecule has 0 heterocycles. The minimum Gasteiger partial charge on any atom is -0.385 e. The molecule has 5 heteroatoms. The molecule has 0 amide bonds. The fourth-order valence-corrected chi connectivity index (χ4v) is 2.08. The predicted molar refractivity (Wildman–Crippen MR) is 69.7 cm³/mol. The first kappa shape index (κ1) is 12.8. The molecule has 0 saturated heterocycles. The lowest BCUT2D eigenvalue weighted by Crippen LogP contribution is -2.17. The molecule has 0 unspecified atom stereocenters. The van der Waals surface area contributed by atoms with Gasteiger partial charge in [-0.05, 0) is 30.7 Å². The van der Waals surface area contributed by atoms with Crippen LogP contribution >= 0.6 is 0 Å². The van der Waals surface area contributed by atoms with Gasteiger partial charge in [-0.1, -0.05) is 12.1 Å². The fraction of sp³-hybridized carbons (Fsp3) is 0.538. The lowest BCUT2D eigenvalue weighted by Gasteiger charge is -2.16. The number of hydrogen-bond donors (Lipinski definition) is 1. The number of methoxy groups -OCH3 is 1. The number of nitro benzene ring substituents is 1. The van der Waals surface area contributed by atoms with E-state index in [0.29, 0.717) is 5.69 Å². The molecular formula is C13H18N2O3. The van der Waals surface area contributed by atoms with E-state index in [0.717, 1.165) is 19.6 Å². The predicted octanol–water partition coefficient (Wildman–Crippen LogP) is 2.82. The quantitative estimate of drug-likeness (QED) is 0.597. The maximum absolute atomic E-state index is 10.9. The van der Waals surface area contributed by atoms with Gasteiger partial charge in [0.25, 0.3) is 5.69 Å². The average molecular weight is 250 g/mol. The van der Waals surface area contributed by atoms with Crippen molar-refractivity contribution in [1.29, 1.82) is 0 Å². The van der Waals surface area contributed by atoms with E-state index < -0.39 is 0 Å². The Labute approximate surface area is 106 Å². The first-order valence-corrected chi connectivity index (χ1v) is 6.13. The summed E-state index contributed by atoms with van der Waals surface area (Å²) < 4.78 is 5.10. The Morgan fingerprint density at radius 2 is 2.17 bits per heavy atom. The van der Waals surface area contributed by atoms with Crippen LogP contribution in [0.5, 0.6) is 0 Å². The van der Waals surface area contributed by atoms with Gasteiger partial charge in [-0.3, -0.25) is 10.1 Å². The Kier molecular flexibility index (Phi) is 3.81. The summed E-state index contributed by atoms with van der Waals surface area (Å²) >= 11 is 0. The van der Waals surface area contributed by atoms with Gasteiger partial charge >= 0.3 is 0 Å². The van der Waals surface area contributed by atoms with Gasteiger partial charge in [0, 0.05) is 26.3 Å². The summed E-state index contributed by atoms with van der Waals surface area (Å²) in [4.78, 5) is 10.5. The highest BCUT2D eigenvalue weighted by molar-refractivity contribution is 5.61. The smallest absolute Gasteiger partial charge is 0.292 e. The lowest BCUT2D eigenvalue weighted by molar-refractivity contribution is -0.384. The molecule has 98 valence electrons. The minimum atomic E-state index is -0.350. The molecule has 0 spiro atoms. The molecule has 5 nitrogen and oxygen atoms in total. The zero-order valence-corrected chi connectivity index (χ0v) is 10.5. The third-order valence-corrected chi connectivity index (χ3v) is 3.55. The van der Waals surface area contributed by atoms with Gasteiger partial charge in [0.1, 0.15) is 5.69 Å². The molecule has 1 fully saturated rings. The molecule has 18 heavy (non-hydrogen) atoms. The average Bonchev–Trinajstić information content (AvgIpc) is 3.15. The number of anilines is 1. The molecule has 0 atom stereocenters. The molecule has 1 N–H and O–H groups in total. The van der Waals surface area contributed by atoms with Gasteiger partial charge < -0.3 is 10.1 Å². The Balaban J connectivity index is 1.96. The van der Waals surface area contributed by atoms with Gasteiger partial charge in [-0.25, -0.2) is 0 Å². The number of para-hydroxylation sites is 2. The van der Waals surface area contributed by atoms with Crippen LogP contribution in [-0.2, 0) is 4.74 Å². The van der Waals surface area contributed by atoms with Crippen LogP contribution in [0.3, 0.4) is 0 Å². The van der Waals surface area contributed by atoms with Gasteiger partial charge in [-0.15, -0.1) is 0 Å². The summed E-state index contributed by atoms with van der Waals surface area (Å²) in [5.41, 5.74) is 1.02. The summed E-state index contributed by atoms with van der Waals surface area (Å²) in [6.07, 6.45) is 3.35. The van der Waals surface area contributed by atoms with Crippen LogP contribution in [0.2, 0.25) is 0 Å². The second-order valence-corrected chi connectivity index (χ2v) is 4.87. The van der Waals surface area contributed by atoms with Crippen molar-refractivity contribution in [2.24, 2.45) is 5.41 Å². The van der Waals surface area contributed by atoms with Crippen molar-refractivity contribution in [3.63, 3.8) is 0 Å². The van der Waals surface area contributed by atoms with Crippen LogP contribution in [0, 0.1) is 15.5 Å². The molecule has 0 radical (unpaired) electrons. The highest BCUT2D eigenvalue weighted by Crippen LogP contribution is 2.48. The normalized spacial score (nSPS) is 16.3. The molecule has 1 aliphatic rings. The van der Waals surface area contributed by atoms with Crippen molar-refractivity contribution in [2.45, 2.75) is 19.3 Å². The van der Waals surface area contributed by atoms with Crippen LogP contribution in [0.1, 0.15) is 19.3 Å². The molecule has 1 aromatic carbocycles. The molecule has 1 saturated carbocycles. The Morgan fingerprint density at radius 1 is 1.44 bits per heavy atom. The molecular weight excluding hydrogens is 232 g/mol. The van der Waals surface area contributed by atoms with Crippen molar-refractivity contribution in [1.82, 2.24) is 0 Å². The van der Waals surface area contributed by atoms with E-state index >= 15 is 0 Å². The third kappa shape index (κ3) is 2.98. The second-order valence-electron chi connectivity index (χ2n) is 4.87. The van der Waals surface area contributed by atoms with Crippen molar-refractivity contribution in [3.05, 3.63) is 34.4 Å². The van der Waals surface area contributed by atoms with E-state index in [4.69, 9.17) is 4.74 Å². The number of nitro groups is 1. The zero-order valence-electron chi connectivity index (χ0n) is 10.5. The highest BCUT2D eigenvalue weighted by Gasteiger charge is 2.41. The van der Waals surface area contributed by atoms with Crippen LogP contribution < -0.4 is 5.32 Å². The monoisotopic (exact) mass is 250 g/mol. The van der Waals surface area contributed by atoms with Crippen LogP contribution in [0.4, 0.5) is 11.4 Å². The Morgan fingerprint density at radius 3 is 2.78 bits per heavy atom. The minimum absolute atomic E-state index is 0.139. The van der Waals surface area contributed by atoms with E-state index in [2.05, 4.69) is 5.32 Å². The Hall–Kier alpha value is -1.62.